The Balaban J connectivity index is 1.30. The van der Waals surface area contributed by atoms with Gasteiger partial charge in [-0.1, -0.05) is 160 Å². The molecule has 0 aliphatic heterocycles. The Kier molecular flexibility index (Phi) is 6.36. The second kappa shape index (κ2) is 10.7. The summed E-state index contributed by atoms with van der Waals surface area (Å²) in [5, 5.41) is 0. The number of benzene rings is 7. The molecule has 0 heterocycles. The maximum absolute atomic E-state index is 2.44. The van der Waals surface area contributed by atoms with Crippen LogP contribution in [0.3, 0.4) is 0 Å². The predicted octanol–water partition coefficient (Wildman–Crippen LogP) is 12.5. The van der Waals surface area contributed by atoms with Crippen molar-refractivity contribution in [3.63, 3.8) is 0 Å². The molecule has 0 aromatic heterocycles. The average molecular weight is 616 g/mol. The molecule has 0 radical (unpaired) electrons. The topological polar surface area (TPSA) is 3.24 Å². The number of anilines is 3. The Morgan fingerprint density at radius 1 is 0.396 bits per heavy atom. The molecule has 48 heavy (non-hydrogen) atoms. The molecule has 9 rings (SSSR count). The highest BCUT2D eigenvalue weighted by Crippen LogP contribution is 2.63. The smallest absolute Gasteiger partial charge is 0.0725 e. The third-order valence-corrected chi connectivity index (χ3v) is 10.5. The molecule has 1 heteroatoms. The third-order valence-electron chi connectivity index (χ3n) is 10.5. The van der Waals surface area contributed by atoms with Gasteiger partial charge in [0.2, 0.25) is 0 Å². The Hall–Kier alpha value is -5.66. The minimum Gasteiger partial charge on any atom is -0.310 e. The Bertz CT molecular complexity index is 2280. The monoisotopic (exact) mass is 615 g/mol. The molecule has 0 atom stereocenters. The van der Waals surface area contributed by atoms with Crippen molar-refractivity contribution in [3.05, 3.63) is 198 Å². The number of rotatable bonds is 4. The normalized spacial score (nSPS) is 13.5. The zero-order chi connectivity index (χ0) is 32.5. The molecule has 0 amide bonds. The van der Waals surface area contributed by atoms with Gasteiger partial charge >= 0.3 is 0 Å². The fourth-order valence-corrected chi connectivity index (χ4v) is 8.29. The summed E-state index contributed by atoms with van der Waals surface area (Å²) in [6.45, 7) is 6.83. The third kappa shape index (κ3) is 4.10. The van der Waals surface area contributed by atoms with Gasteiger partial charge in [-0.05, 0) is 91.4 Å². The van der Waals surface area contributed by atoms with Gasteiger partial charge in [-0.15, -0.1) is 0 Å². The highest BCUT2D eigenvalue weighted by molar-refractivity contribution is 5.97. The lowest BCUT2D eigenvalue weighted by molar-refractivity contribution is 0.590. The van der Waals surface area contributed by atoms with Crippen molar-refractivity contribution in [2.24, 2.45) is 0 Å². The number of nitrogens with zero attached hydrogens (tertiary/aromatic N) is 1. The Morgan fingerprint density at radius 3 is 1.44 bits per heavy atom. The highest BCUT2D eigenvalue weighted by Gasteiger charge is 2.51. The van der Waals surface area contributed by atoms with Gasteiger partial charge in [-0.2, -0.15) is 0 Å². The minimum atomic E-state index is -0.348. The molecular formula is C47H37N. The standard InChI is InChI=1S/C47H37N/c1-46(2,3)33-25-27-34(28-26-33)48(45-24-14-10-17-36(45)32-15-5-4-6-16-32)35-29-30-44-40(31-35)39-20-9-13-23-43(39)47(44)41-21-11-7-18-37(41)38-19-8-12-22-42(38)47/h4-31H,1-3H3. The molecule has 7 aromatic carbocycles. The van der Waals surface area contributed by atoms with E-state index in [2.05, 4.69) is 196 Å². The summed E-state index contributed by atoms with van der Waals surface area (Å²) in [5.41, 5.74) is 17.6. The summed E-state index contributed by atoms with van der Waals surface area (Å²) in [7, 11) is 0. The maximum Gasteiger partial charge on any atom is 0.0725 e. The van der Waals surface area contributed by atoms with Crippen molar-refractivity contribution in [1.82, 2.24) is 0 Å². The fourth-order valence-electron chi connectivity index (χ4n) is 8.29. The van der Waals surface area contributed by atoms with Crippen LogP contribution in [0.25, 0.3) is 33.4 Å². The maximum atomic E-state index is 2.44. The second-order valence-electron chi connectivity index (χ2n) is 14.1. The number of fused-ring (bicyclic) bond motifs is 10. The van der Waals surface area contributed by atoms with Crippen LogP contribution in [0.1, 0.15) is 48.6 Å². The first kappa shape index (κ1) is 28.6. The van der Waals surface area contributed by atoms with E-state index in [9.17, 15) is 0 Å². The van der Waals surface area contributed by atoms with Gasteiger partial charge in [0.05, 0.1) is 11.1 Å². The fraction of sp³-hybridized carbons (Fsp3) is 0.106. The number of hydrogen-bond acceptors (Lipinski definition) is 1. The van der Waals surface area contributed by atoms with Crippen LogP contribution in [0.4, 0.5) is 17.1 Å². The van der Waals surface area contributed by atoms with Crippen LogP contribution in [-0.4, -0.2) is 0 Å². The van der Waals surface area contributed by atoms with E-state index in [0.29, 0.717) is 0 Å². The molecule has 2 aliphatic carbocycles. The summed E-state index contributed by atoms with van der Waals surface area (Å²) in [6, 6.07) is 62.9. The van der Waals surface area contributed by atoms with Gasteiger partial charge in [0, 0.05) is 16.9 Å². The van der Waals surface area contributed by atoms with Gasteiger partial charge < -0.3 is 4.90 Å². The average Bonchev–Trinajstić information content (AvgIpc) is 3.59. The molecule has 230 valence electrons. The van der Waals surface area contributed by atoms with Crippen molar-refractivity contribution in [2.45, 2.75) is 31.6 Å². The largest absolute Gasteiger partial charge is 0.310 e. The van der Waals surface area contributed by atoms with E-state index in [1.807, 2.05) is 0 Å². The quantitative estimate of drug-likeness (QED) is 0.190. The van der Waals surface area contributed by atoms with Gasteiger partial charge in [-0.3, -0.25) is 0 Å². The molecule has 1 nitrogen and oxygen atoms in total. The minimum absolute atomic E-state index is 0.0742. The van der Waals surface area contributed by atoms with E-state index in [1.165, 1.54) is 61.2 Å². The first-order valence-electron chi connectivity index (χ1n) is 17.0. The molecule has 0 unspecified atom stereocenters. The SMILES string of the molecule is CC(C)(C)c1ccc(N(c2ccc3c(c2)-c2ccccc2C32c3ccccc3-c3ccccc32)c2ccccc2-c2ccccc2)cc1. The van der Waals surface area contributed by atoms with E-state index in [1.54, 1.807) is 0 Å². The Labute approximate surface area is 283 Å². The van der Waals surface area contributed by atoms with Crippen molar-refractivity contribution in [1.29, 1.82) is 0 Å². The molecule has 7 aromatic rings. The van der Waals surface area contributed by atoms with Gasteiger partial charge in [0.15, 0.2) is 0 Å². The molecule has 1 spiro atoms. The summed E-state index contributed by atoms with van der Waals surface area (Å²) in [6.07, 6.45) is 0. The molecular weight excluding hydrogens is 579 g/mol. The summed E-state index contributed by atoms with van der Waals surface area (Å²) < 4.78 is 0. The molecule has 0 N–H and O–H groups in total. The first-order chi connectivity index (χ1) is 23.5. The van der Waals surface area contributed by atoms with Crippen LogP contribution in [-0.2, 0) is 10.8 Å². The van der Waals surface area contributed by atoms with Crippen molar-refractivity contribution in [3.8, 4) is 33.4 Å². The molecule has 0 bridgehead atoms. The number of hydrogen-bond donors (Lipinski definition) is 0. The van der Waals surface area contributed by atoms with E-state index in [0.717, 1.165) is 17.1 Å². The zero-order valence-corrected chi connectivity index (χ0v) is 27.6. The van der Waals surface area contributed by atoms with Crippen LogP contribution in [0.15, 0.2) is 170 Å². The van der Waals surface area contributed by atoms with E-state index in [-0.39, 0.29) is 10.8 Å². The lowest BCUT2D eigenvalue weighted by Crippen LogP contribution is -2.25. The molecule has 2 aliphatic rings. The molecule has 0 saturated heterocycles. The van der Waals surface area contributed by atoms with Crippen LogP contribution in [0, 0.1) is 0 Å². The molecule has 0 saturated carbocycles. The first-order valence-corrected chi connectivity index (χ1v) is 17.0. The highest BCUT2D eigenvalue weighted by atomic mass is 15.1. The van der Waals surface area contributed by atoms with Crippen molar-refractivity contribution >= 4 is 17.1 Å². The zero-order valence-electron chi connectivity index (χ0n) is 27.6. The van der Waals surface area contributed by atoms with Gasteiger partial charge in [0.1, 0.15) is 0 Å². The molecule has 0 fully saturated rings. The lowest BCUT2D eigenvalue weighted by atomic mass is 9.70. The van der Waals surface area contributed by atoms with E-state index in [4.69, 9.17) is 0 Å². The second-order valence-corrected chi connectivity index (χ2v) is 14.1. The van der Waals surface area contributed by atoms with E-state index < -0.39 is 0 Å². The van der Waals surface area contributed by atoms with Crippen LogP contribution < -0.4 is 4.90 Å². The Morgan fingerprint density at radius 2 is 0.854 bits per heavy atom. The summed E-state index contributed by atoms with van der Waals surface area (Å²) in [4.78, 5) is 2.44. The van der Waals surface area contributed by atoms with Crippen molar-refractivity contribution in [2.75, 3.05) is 4.90 Å². The van der Waals surface area contributed by atoms with Crippen LogP contribution in [0.2, 0.25) is 0 Å². The number of para-hydroxylation sites is 1. The van der Waals surface area contributed by atoms with Gasteiger partial charge in [-0.25, -0.2) is 0 Å². The summed E-state index contributed by atoms with van der Waals surface area (Å²) in [5.74, 6) is 0. The van der Waals surface area contributed by atoms with E-state index >= 15 is 0 Å². The van der Waals surface area contributed by atoms with Crippen molar-refractivity contribution < 1.29 is 0 Å². The van der Waals surface area contributed by atoms with Gasteiger partial charge in [0.25, 0.3) is 0 Å². The van der Waals surface area contributed by atoms with Crippen LogP contribution in [0.5, 0.6) is 0 Å². The summed E-state index contributed by atoms with van der Waals surface area (Å²) >= 11 is 0. The predicted molar refractivity (Wildman–Crippen MR) is 202 cm³/mol. The van der Waals surface area contributed by atoms with Crippen LogP contribution >= 0.6 is 0 Å². The lowest BCUT2D eigenvalue weighted by Gasteiger charge is -2.32.